The maximum Gasteiger partial charge on any atom is 0.252 e. The van der Waals surface area contributed by atoms with E-state index in [4.69, 9.17) is 0 Å². The fourth-order valence-corrected chi connectivity index (χ4v) is 4.76. The summed E-state index contributed by atoms with van der Waals surface area (Å²) >= 11 is 6.62. The second-order valence-electron chi connectivity index (χ2n) is 8.37. The molecular formula is C27H24I3N3O4. The van der Waals surface area contributed by atoms with Gasteiger partial charge in [-0.2, -0.15) is 0 Å². The molecule has 3 aromatic carbocycles. The van der Waals surface area contributed by atoms with E-state index in [-0.39, 0.29) is 29.5 Å². The van der Waals surface area contributed by atoms with Gasteiger partial charge in [-0.15, -0.1) is 0 Å². The van der Waals surface area contributed by atoms with Gasteiger partial charge in [-0.05, 0) is 142 Å². The van der Waals surface area contributed by atoms with Crippen LogP contribution in [0, 0.1) is 31.5 Å². The number of aromatic nitrogens is 1. The molecule has 7 nitrogen and oxygen atoms in total. The first kappa shape index (κ1) is 29.4. The van der Waals surface area contributed by atoms with Crippen LogP contribution in [0.4, 0.5) is 11.4 Å². The number of amides is 2. The van der Waals surface area contributed by atoms with E-state index in [1.165, 1.54) is 6.07 Å². The summed E-state index contributed by atoms with van der Waals surface area (Å²) in [5, 5.41) is 15.7. The number of carbonyl (C=O) groups excluding carboxylic acids is 2. The fourth-order valence-electron chi connectivity index (χ4n) is 3.27. The third-order valence-corrected chi connectivity index (χ3v) is 8.82. The van der Waals surface area contributed by atoms with Crippen molar-refractivity contribution >= 4 is 102 Å². The normalized spacial score (nSPS) is 10.4. The van der Waals surface area contributed by atoms with Crippen LogP contribution in [0.1, 0.15) is 23.1 Å². The molecule has 0 saturated carbocycles. The Bertz CT molecular complexity index is 1490. The number of H-pyrrole nitrogens is 1. The Morgan fingerprint density at radius 1 is 0.757 bits per heavy atom. The van der Waals surface area contributed by atoms with Gasteiger partial charge in [0.25, 0.3) is 5.56 Å². The molecule has 0 aliphatic rings. The predicted octanol–water partition coefficient (Wildman–Crippen LogP) is 6.63. The number of benzene rings is 3. The molecule has 0 radical (unpaired) electrons. The van der Waals surface area contributed by atoms with Crippen molar-refractivity contribution in [2.24, 2.45) is 0 Å². The van der Waals surface area contributed by atoms with Crippen LogP contribution in [-0.4, -0.2) is 21.9 Å². The van der Waals surface area contributed by atoms with Crippen LogP contribution < -0.4 is 16.2 Å². The van der Waals surface area contributed by atoms with Gasteiger partial charge in [0.15, 0.2) is 0 Å². The third kappa shape index (κ3) is 8.40. The summed E-state index contributed by atoms with van der Waals surface area (Å²) in [4.78, 5) is 37.7. The molecule has 1 aromatic heterocycles. The van der Waals surface area contributed by atoms with Gasteiger partial charge in [-0.1, -0.05) is 12.1 Å². The number of aryl methyl sites for hydroxylation is 3. The van der Waals surface area contributed by atoms with Crippen molar-refractivity contribution in [1.29, 1.82) is 0 Å². The molecule has 2 amide bonds. The first-order valence-electron chi connectivity index (χ1n) is 11.1. The van der Waals surface area contributed by atoms with Crippen molar-refractivity contribution < 1.29 is 14.7 Å². The Hall–Kier alpha value is -2.20. The molecule has 4 N–H and O–H groups in total. The summed E-state index contributed by atoms with van der Waals surface area (Å²) < 4.78 is 3.20. The number of halogens is 3. The van der Waals surface area contributed by atoms with E-state index in [1.807, 2.05) is 69.3 Å². The zero-order valence-corrected chi connectivity index (χ0v) is 26.7. The van der Waals surface area contributed by atoms with Crippen LogP contribution in [-0.2, 0) is 9.59 Å². The van der Waals surface area contributed by atoms with Crippen molar-refractivity contribution in [3.05, 3.63) is 92.4 Å². The molecule has 4 aromatic rings. The number of aromatic amines is 1. The Morgan fingerprint density at radius 3 is 1.73 bits per heavy atom. The number of fused-ring (bicyclic) bond motifs is 1. The third-order valence-electron chi connectivity index (χ3n) is 5.33. The minimum Gasteiger partial charge on any atom is -0.507 e. The van der Waals surface area contributed by atoms with Crippen LogP contribution in [0.3, 0.4) is 0 Å². The number of anilines is 2. The molecular weight excluding hydrogens is 811 g/mol. The summed E-state index contributed by atoms with van der Waals surface area (Å²) in [6, 6.07) is 16.2. The van der Waals surface area contributed by atoms with Crippen LogP contribution in [0.5, 0.6) is 5.75 Å². The quantitative estimate of drug-likeness (QED) is 0.137. The number of hydrogen-bond donors (Lipinski definition) is 4. The largest absolute Gasteiger partial charge is 0.507 e. The van der Waals surface area contributed by atoms with Crippen molar-refractivity contribution in [3.63, 3.8) is 0 Å². The Morgan fingerprint density at radius 2 is 1.24 bits per heavy atom. The van der Waals surface area contributed by atoms with E-state index in [0.29, 0.717) is 22.3 Å². The Kier molecular flexibility index (Phi) is 10.3. The van der Waals surface area contributed by atoms with E-state index < -0.39 is 0 Å². The second kappa shape index (κ2) is 13.0. The number of aromatic hydroxyl groups is 1. The second-order valence-corrected chi connectivity index (χ2v) is 11.9. The fraction of sp³-hybridized carbons (Fsp3) is 0.148. The standard InChI is InChI=1S/C17H16I2N2O2.C10H8INO2/c1-10-3-5-12(7-14(10)18)20-16(22)9-17(23)21-13-6-4-11(2)15(19)8-13;1-5-2-6-8(3-7(5)11)12-10(14)4-9(6)13/h3-8H,9H2,1-2H3,(H,20,22)(H,21,23);2-4H,1H3,(H2,12,13,14). The summed E-state index contributed by atoms with van der Waals surface area (Å²) in [6.45, 7) is 5.97. The highest BCUT2D eigenvalue weighted by Gasteiger charge is 2.11. The van der Waals surface area contributed by atoms with Crippen LogP contribution >= 0.6 is 67.8 Å². The molecule has 0 aliphatic heterocycles. The monoisotopic (exact) mass is 835 g/mol. The van der Waals surface area contributed by atoms with Gasteiger partial charge >= 0.3 is 0 Å². The Labute approximate surface area is 255 Å². The number of pyridine rings is 1. The van der Waals surface area contributed by atoms with E-state index in [1.54, 1.807) is 0 Å². The topological polar surface area (TPSA) is 111 Å². The van der Waals surface area contributed by atoms with E-state index in [9.17, 15) is 19.5 Å². The van der Waals surface area contributed by atoms with Gasteiger partial charge in [0.1, 0.15) is 12.2 Å². The molecule has 192 valence electrons. The highest BCUT2D eigenvalue weighted by atomic mass is 127. The molecule has 0 spiro atoms. The highest BCUT2D eigenvalue weighted by Crippen LogP contribution is 2.25. The first-order chi connectivity index (χ1) is 17.4. The summed E-state index contributed by atoms with van der Waals surface area (Å²) in [7, 11) is 0. The minimum absolute atomic E-state index is 0.0308. The zero-order chi connectivity index (χ0) is 27.3. The van der Waals surface area contributed by atoms with Gasteiger partial charge < -0.3 is 20.7 Å². The number of hydrogen-bond acceptors (Lipinski definition) is 4. The lowest BCUT2D eigenvalue weighted by Crippen LogP contribution is -2.21. The van der Waals surface area contributed by atoms with Gasteiger partial charge in [-0.25, -0.2) is 0 Å². The molecule has 0 bridgehead atoms. The SMILES string of the molecule is Cc1cc2c(O)cc(=O)[nH]c2cc1I.Cc1ccc(NC(=O)CC(=O)Nc2ccc(C)c(I)c2)cc1I. The molecule has 0 saturated heterocycles. The lowest BCUT2D eigenvalue weighted by atomic mass is 10.1. The van der Waals surface area contributed by atoms with Gasteiger partial charge in [0.2, 0.25) is 11.8 Å². The first-order valence-corrected chi connectivity index (χ1v) is 14.3. The van der Waals surface area contributed by atoms with Crippen molar-refractivity contribution in [1.82, 2.24) is 4.98 Å². The number of nitrogens with one attached hydrogen (secondary N) is 3. The molecule has 0 fully saturated rings. The zero-order valence-electron chi connectivity index (χ0n) is 20.2. The van der Waals surface area contributed by atoms with E-state index in [2.05, 4.69) is 83.4 Å². The number of rotatable bonds is 4. The summed E-state index contributed by atoms with van der Waals surface area (Å²) in [5.74, 6) is -0.629. The predicted molar refractivity (Wildman–Crippen MR) is 173 cm³/mol. The molecule has 1 heterocycles. The van der Waals surface area contributed by atoms with Crippen LogP contribution in [0.2, 0.25) is 0 Å². The molecule has 0 aliphatic carbocycles. The average molecular weight is 835 g/mol. The van der Waals surface area contributed by atoms with Gasteiger partial charge in [-0.3, -0.25) is 14.4 Å². The van der Waals surface area contributed by atoms with Gasteiger partial charge in [0.05, 0.1) is 5.52 Å². The molecule has 0 atom stereocenters. The average Bonchev–Trinajstić information content (AvgIpc) is 2.80. The molecule has 37 heavy (non-hydrogen) atoms. The lowest BCUT2D eigenvalue weighted by Gasteiger charge is -2.09. The van der Waals surface area contributed by atoms with Crippen LogP contribution in [0.25, 0.3) is 10.9 Å². The smallest absolute Gasteiger partial charge is 0.252 e. The molecule has 4 rings (SSSR count). The summed E-state index contributed by atoms with van der Waals surface area (Å²) in [6.07, 6.45) is -0.213. The van der Waals surface area contributed by atoms with E-state index in [0.717, 1.165) is 27.4 Å². The van der Waals surface area contributed by atoms with Gasteiger partial charge in [0, 0.05) is 33.5 Å². The lowest BCUT2D eigenvalue weighted by molar-refractivity contribution is -0.123. The highest BCUT2D eigenvalue weighted by molar-refractivity contribution is 14.1. The minimum atomic E-state index is -0.330. The Balaban J connectivity index is 0.000000231. The maximum absolute atomic E-state index is 12.0. The number of carbonyl (C=O) groups is 2. The maximum atomic E-state index is 12.0. The van der Waals surface area contributed by atoms with Crippen molar-refractivity contribution in [2.45, 2.75) is 27.2 Å². The van der Waals surface area contributed by atoms with Crippen molar-refractivity contribution in [2.75, 3.05) is 10.6 Å². The van der Waals surface area contributed by atoms with Crippen LogP contribution in [0.15, 0.2) is 59.4 Å². The van der Waals surface area contributed by atoms with Crippen molar-refractivity contribution in [3.8, 4) is 5.75 Å². The molecule has 0 unspecified atom stereocenters. The van der Waals surface area contributed by atoms with E-state index >= 15 is 0 Å². The summed E-state index contributed by atoms with van der Waals surface area (Å²) in [5.41, 5.74) is 5.16. The molecule has 10 heteroatoms.